The maximum absolute atomic E-state index is 12.3. The van der Waals surface area contributed by atoms with Gasteiger partial charge in [0.1, 0.15) is 23.3 Å². The van der Waals surface area contributed by atoms with Crippen LogP contribution in [-0.4, -0.2) is 18.3 Å². The van der Waals surface area contributed by atoms with Gasteiger partial charge in [-0.1, -0.05) is 139 Å². The fraction of sp³-hybridized carbons (Fsp3) is 0.0159. The molecular formula is C63H36N6O. The second kappa shape index (κ2) is 14.1. The molecule has 7 heteroatoms. The van der Waals surface area contributed by atoms with Crippen LogP contribution in [0.3, 0.4) is 0 Å². The zero-order valence-electron chi connectivity index (χ0n) is 37.6. The Morgan fingerprint density at radius 1 is 0.329 bits per heavy atom. The lowest BCUT2D eigenvalue weighted by molar-refractivity contribution is 0.669. The van der Waals surface area contributed by atoms with Crippen molar-refractivity contribution < 1.29 is 4.42 Å². The molecule has 0 atom stereocenters. The van der Waals surface area contributed by atoms with Crippen LogP contribution >= 0.6 is 0 Å². The van der Waals surface area contributed by atoms with Crippen LogP contribution in [0.15, 0.2) is 205 Å². The molecule has 0 spiro atoms. The molecule has 324 valence electrons. The average molecular weight is 893 g/mol. The number of hydrogen-bond acceptors (Lipinski definition) is 3. The van der Waals surface area contributed by atoms with E-state index in [0.717, 1.165) is 126 Å². The number of nitrogens with zero attached hydrogens (tertiary/aromatic N) is 6. The van der Waals surface area contributed by atoms with Crippen LogP contribution in [0.25, 0.3) is 132 Å². The van der Waals surface area contributed by atoms with Crippen molar-refractivity contribution in [1.82, 2.24) is 18.3 Å². The van der Waals surface area contributed by atoms with Crippen molar-refractivity contribution in [3.8, 4) is 34.9 Å². The maximum atomic E-state index is 12.3. The van der Waals surface area contributed by atoms with E-state index in [0.29, 0.717) is 11.4 Å². The molecule has 0 N–H and O–H groups in total. The van der Waals surface area contributed by atoms with Crippen molar-refractivity contribution in [3.63, 3.8) is 0 Å². The Kier molecular flexibility index (Phi) is 7.72. The predicted octanol–water partition coefficient (Wildman–Crippen LogP) is 16.0. The summed E-state index contributed by atoms with van der Waals surface area (Å²) in [5.74, 6) is 0. The van der Waals surface area contributed by atoms with Gasteiger partial charge in [-0.2, -0.15) is 10.5 Å². The summed E-state index contributed by atoms with van der Waals surface area (Å²) in [6.45, 7) is 2.12. The van der Waals surface area contributed by atoms with E-state index in [9.17, 15) is 10.5 Å². The van der Waals surface area contributed by atoms with Gasteiger partial charge in [0.15, 0.2) is 0 Å². The molecule has 10 aromatic carbocycles. The number of benzene rings is 10. The molecule has 0 aliphatic rings. The topological polar surface area (TPSA) is 80.4 Å². The van der Waals surface area contributed by atoms with Gasteiger partial charge < -0.3 is 22.7 Å². The molecular weight excluding hydrogens is 857 g/mol. The van der Waals surface area contributed by atoms with Crippen molar-refractivity contribution in [2.45, 2.75) is 6.92 Å². The first-order valence-electron chi connectivity index (χ1n) is 23.5. The van der Waals surface area contributed by atoms with Gasteiger partial charge in [-0.25, -0.2) is 0 Å². The van der Waals surface area contributed by atoms with Crippen molar-refractivity contribution >= 4 is 109 Å². The second-order valence-corrected chi connectivity index (χ2v) is 18.3. The molecule has 0 unspecified atom stereocenters. The molecule has 7 nitrogen and oxygen atoms in total. The first kappa shape index (κ1) is 38.3. The smallest absolute Gasteiger partial charge is 0.137 e. The third kappa shape index (κ3) is 4.89. The molecule has 0 amide bonds. The summed E-state index contributed by atoms with van der Waals surface area (Å²) in [4.78, 5) is 0. The molecule has 15 rings (SSSR count). The molecule has 70 heavy (non-hydrogen) atoms. The van der Waals surface area contributed by atoms with Gasteiger partial charge in [-0.15, -0.1) is 0 Å². The highest BCUT2D eigenvalue weighted by Crippen LogP contribution is 2.50. The molecule has 0 aliphatic carbocycles. The SMILES string of the molecule is Cc1ccc2c(c1)c1ccc3oc4ccccc4c3c1n2-c1c(C#N)c(C#N)c(-n2c3ccccc3c3ccccc32)c(-n2c3ccccc3c3ccccc32)c1-n1c2ccccc2c2ccccc21. The maximum Gasteiger partial charge on any atom is 0.137 e. The molecule has 5 aromatic heterocycles. The third-order valence-corrected chi connectivity index (χ3v) is 14.7. The zero-order chi connectivity index (χ0) is 46.4. The van der Waals surface area contributed by atoms with Crippen LogP contribution in [0.1, 0.15) is 16.7 Å². The molecule has 5 heterocycles. The lowest BCUT2D eigenvalue weighted by Gasteiger charge is -2.27. The molecule has 0 bridgehead atoms. The van der Waals surface area contributed by atoms with Crippen molar-refractivity contribution in [1.29, 1.82) is 10.5 Å². The second-order valence-electron chi connectivity index (χ2n) is 18.3. The molecule has 0 fully saturated rings. The van der Waals surface area contributed by atoms with Gasteiger partial charge in [0.05, 0.1) is 83.4 Å². The average Bonchev–Trinajstić information content (AvgIpc) is 4.21. The van der Waals surface area contributed by atoms with Crippen LogP contribution in [0.5, 0.6) is 0 Å². The Morgan fingerprint density at radius 2 is 0.700 bits per heavy atom. The quantitative estimate of drug-likeness (QED) is 0.176. The van der Waals surface area contributed by atoms with Gasteiger partial charge in [-0.05, 0) is 73.7 Å². The van der Waals surface area contributed by atoms with Crippen LogP contribution in [-0.2, 0) is 0 Å². The van der Waals surface area contributed by atoms with Crippen LogP contribution in [0, 0.1) is 29.6 Å². The van der Waals surface area contributed by atoms with Crippen molar-refractivity contribution in [2.75, 3.05) is 0 Å². The lowest BCUT2D eigenvalue weighted by Crippen LogP contribution is -2.17. The highest BCUT2D eigenvalue weighted by Gasteiger charge is 2.35. The van der Waals surface area contributed by atoms with Gasteiger partial charge in [0.2, 0.25) is 0 Å². The Balaban J connectivity index is 1.32. The lowest BCUT2D eigenvalue weighted by atomic mass is 9.98. The van der Waals surface area contributed by atoms with Gasteiger partial charge in [-0.3, -0.25) is 0 Å². The van der Waals surface area contributed by atoms with Crippen LogP contribution in [0.4, 0.5) is 0 Å². The minimum absolute atomic E-state index is 0.255. The summed E-state index contributed by atoms with van der Waals surface area (Å²) < 4.78 is 15.9. The van der Waals surface area contributed by atoms with Gasteiger partial charge >= 0.3 is 0 Å². The van der Waals surface area contributed by atoms with E-state index in [-0.39, 0.29) is 11.1 Å². The Bertz CT molecular complexity index is 4720. The minimum atomic E-state index is 0.255. The first-order valence-corrected chi connectivity index (χ1v) is 23.5. The van der Waals surface area contributed by atoms with E-state index >= 15 is 0 Å². The number of aromatic nitrogens is 4. The van der Waals surface area contributed by atoms with Gasteiger partial charge in [0.25, 0.3) is 0 Å². The summed E-state index contributed by atoms with van der Waals surface area (Å²) in [6, 6.07) is 75.4. The summed E-state index contributed by atoms with van der Waals surface area (Å²) in [7, 11) is 0. The number of furan rings is 1. The predicted molar refractivity (Wildman–Crippen MR) is 285 cm³/mol. The summed E-state index contributed by atoms with van der Waals surface area (Å²) in [6.07, 6.45) is 0. The number of aryl methyl sites for hydroxylation is 1. The number of hydrogen-bond donors (Lipinski definition) is 0. The number of fused-ring (bicyclic) bond motifs is 16. The monoisotopic (exact) mass is 892 g/mol. The Morgan fingerprint density at radius 3 is 1.14 bits per heavy atom. The number of para-hydroxylation sites is 7. The van der Waals surface area contributed by atoms with Gasteiger partial charge in [0, 0.05) is 48.5 Å². The highest BCUT2D eigenvalue weighted by molar-refractivity contribution is 6.25. The molecule has 0 saturated heterocycles. The van der Waals surface area contributed by atoms with E-state index in [1.807, 2.05) is 18.2 Å². The van der Waals surface area contributed by atoms with E-state index in [1.165, 1.54) is 0 Å². The Labute approximate surface area is 399 Å². The van der Waals surface area contributed by atoms with Crippen LogP contribution in [0.2, 0.25) is 0 Å². The highest BCUT2D eigenvalue weighted by atomic mass is 16.3. The van der Waals surface area contributed by atoms with Crippen molar-refractivity contribution in [3.05, 3.63) is 217 Å². The van der Waals surface area contributed by atoms with Crippen LogP contribution < -0.4 is 0 Å². The van der Waals surface area contributed by atoms with E-state index < -0.39 is 0 Å². The zero-order valence-corrected chi connectivity index (χ0v) is 37.6. The normalized spacial score (nSPS) is 12.0. The minimum Gasteiger partial charge on any atom is -0.456 e. The largest absolute Gasteiger partial charge is 0.456 e. The third-order valence-electron chi connectivity index (χ3n) is 14.7. The summed E-state index contributed by atoms with van der Waals surface area (Å²) in [5.41, 5.74) is 13.3. The molecule has 15 aromatic rings. The Hall–Kier alpha value is -9.82. The van der Waals surface area contributed by atoms with Crippen molar-refractivity contribution in [2.24, 2.45) is 0 Å². The standard InChI is InChI=1S/C63H36N6O/c1-37-30-32-55-46(34-37)44-31-33-57-58(45-22-8-15-29-56(45)70-57)59(44)69(55)61-48(36-65)47(35-64)60(66-49-23-9-2-16-38(49)39-17-3-10-24-50(39)66)62(67-51-25-11-4-18-40(51)41-19-5-12-26-52(41)67)63(61)68-53-27-13-6-20-42(53)43-21-7-14-28-54(43)68/h2-34H,1H3. The molecule has 0 saturated carbocycles. The fourth-order valence-corrected chi connectivity index (χ4v) is 11.9. The van der Waals surface area contributed by atoms with E-state index in [1.54, 1.807) is 0 Å². The van der Waals surface area contributed by atoms with E-state index in [2.05, 4.69) is 219 Å². The number of rotatable bonds is 4. The summed E-state index contributed by atoms with van der Waals surface area (Å²) in [5, 5.41) is 34.8. The van der Waals surface area contributed by atoms with E-state index in [4.69, 9.17) is 4.42 Å². The fourth-order valence-electron chi connectivity index (χ4n) is 11.9. The number of nitriles is 2. The molecule has 0 aliphatic heterocycles. The first-order chi connectivity index (χ1) is 34.6. The summed E-state index contributed by atoms with van der Waals surface area (Å²) >= 11 is 0. The molecule has 0 radical (unpaired) electrons.